The predicted octanol–water partition coefficient (Wildman–Crippen LogP) is 0.234. The molecule has 3 heterocycles. The molecular weight excluding hydrogens is 318 g/mol. The molecule has 4 atom stereocenters. The van der Waals surface area contributed by atoms with Gasteiger partial charge in [0, 0.05) is 11.8 Å². The van der Waals surface area contributed by atoms with Crippen molar-refractivity contribution in [1.29, 1.82) is 0 Å². The molecule has 0 aromatic heterocycles. The maximum Gasteiger partial charge on any atom is 0.353 e. The average Bonchev–Trinajstić information content (AvgIpc) is 2.96. The quantitative estimate of drug-likeness (QED) is 0.638. The van der Waals surface area contributed by atoms with Crippen LogP contribution in [0.2, 0.25) is 0 Å². The number of nitrogens with one attached hydrogen (secondary N) is 1. The Morgan fingerprint density at radius 3 is 2.73 bits per heavy atom. The largest absolute Gasteiger partial charge is 0.477 e. The minimum absolute atomic E-state index is 0.144. The number of aliphatic hydroxyl groups excluding tert-OH is 1. The van der Waals surface area contributed by atoms with Crippen LogP contribution in [0.25, 0.3) is 0 Å². The summed E-state index contributed by atoms with van der Waals surface area (Å²) in [6.45, 7) is 2.49. The molecule has 0 saturated carbocycles. The van der Waals surface area contributed by atoms with E-state index in [0.29, 0.717) is 24.4 Å². The van der Waals surface area contributed by atoms with Crippen molar-refractivity contribution in [1.82, 2.24) is 10.2 Å². The van der Waals surface area contributed by atoms with Crippen molar-refractivity contribution in [2.75, 3.05) is 13.1 Å². The van der Waals surface area contributed by atoms with Gasteiger partial charge in [-0.25, -0.2) is 4.79 Å². The molecule has 0 aromatic carbocycles. The molecule has 0 bridgehead atoms. The van der Waals surface area contributed by atoms with Gasteiger partial charge in [0.05, 0.1) is 16.9 Å². The van der Waals surface area contributed by atoms with E-state index in [0.717, 1.165) is 11.8 Å². The highest BCUT2D eigenvalue weighted by molar-refractivity contribution is 8.03. The molecule has 3 unspecified atom stereocenters. The van der Waals surface area contributed by atoms with Gasteiger partial charge in [-0.2, -0.15) is 8.78 Å². The molecule has 2 fully saturated rings. The summed E-state index contributed by atoms with van der Waals surface area (Å²) < 4.78 is 29.4. The number of amides is 1. The van der Waals surface area contributed by atoms with Gasteiger partial charge >= 0.3 is 11.9 Å². The first kappa shape index (κ1) is 15.7. The van der Waals surface area contributed by atoms with E-state index in [9.17, 15) is 28.6 Å². The van der Waals surface area contributed by atoms with Crippen LogP contribution in [0, 0.1) is 5.92 Å². The van der Waals surface area contributed by atoms with Crippen LogP contribution in [0.5, 0.6) is 0 Å². The molecule has 0 aliphatic carbocycles. The lowest BCUT2D eigenvalue weighted by Crippen LogP contribution is -2.66. The van der Waals surface area contributed by atoms with Gasteiger partial charge in [-0.1, -0.05) is 0 Å². The maximum atomic E-state index is 14.7. The lowest BCUT2D eigenvalue weighted by molar-refractivity contribution is -0.177. The smallest absolute Gasteiger partial charge is 0.353 e. The van der Waals surface area contributed by atoms with Gasteiger partial charge in [-0.05, 0) is 19.9 Å². The first-order valence-corrected chi connectivity index (χ1v) is 7.89. The molecule has 0 radical (unpaired) electrons. The van der Waals surface area contributed by atoms with Crippen molar-refractivity contribution in [3.63, 3.8) is 0 Å². The van der Waals surface area contributed by atoms with Crippen molar-refractivity contribution in [2.45, 2.75) is 36.7 Å². The second-order valence-corrected chi connectivity index (χ2v) is 7.07. The van der Waals surface area contributed by atoms with Gasteiger partial charge in [-0.15, -0.1) is 11.8 Å². The zero-order chi connectivity index (χ0) is 16.2. The third-order valence-electron chi connectivity index (χ3n) is 4.29. The first-order valence-electron chi connectivity index (χ1n) is 7.01. The van der Waals surface area contributed by atoms with E-state index in [2.05, 4.69) is 5.32 Å². The van der Waals surface area contributed by atoms with Gasteiger partial charge in [0.1, 0.15) is 11.7 Å². The molecule has 6 nitrogen and oxygen atoms in total. The average molecular weight is 334 g/mol. The topological polar surface area (TPSA) is 89.9 Å². The Hall–Kier alpha value is -1.19. The van der Waals surface area contributed by atoms with Crippen LogP contribution in [0.3, 0.4) is 0 Å². The van der Waals surface area contributed by atoms with Crippen LogP contribution >= 0.6 is 11.8 Å². The van der Waals surface area contributed by atoms with Gasteiger partial charge in [0.2, 0.25) is 5.91 Å². The number of aliphatic carboxylic acids is 1. The number of β-lactam (4-membered cyclic amide) rings is 1. The zero-order valence-electron chi connectivity index (χ0n) is 11.8. The van der Waals surface area contributed by atoms with Gasteiger partial charge in [-0.3, -0.25) is 9.69 Å². The van der Waals surface area contributed by atoms with Crippen LogP contribution < -0.4 is 5.32 Å². The fraction of sp³-hybridized carbons (Fsp3) is 0.692. The number of nitrogens with zero attached hydrogens (tertiary/aromatic N) is 1. The molecule has 22 heavy (non-hydrogen) atoms. The molecule has 122 valence electrons. The SMILES string of the molecule is CC(O)C1C(=O)N2C(C(=O)O)=C(SC3CCNC3)C(F)(F)[C@H]12. The van der Waals surface area contributed by atoms with E-state index in [1.165, 1.54) is 6.92 Å². The Bertz CT molecular complexity index is 560. The first-order chi connectivity index (χ1) is 10.3. The number of aliphatic hydroxyl groups is 1. The van der Waals surface area contributed by atoms with E-state index in [4.69, 9.17) is 0 Å². The monoisotopic (exact) mass is 334 g/mol. The second kappa shape index (κ2) is 5.17. The van der Waals surface area contributed by atoms with Crippen LogP contribution in [0.4, 0.5) is 8.78 Å². The fourth-order valence-electron chi connectivity index (χ4n) is 3.25. The number of carbonyl (C=O) groups excluding carboxylic acids is 1. The standard InChI is InChI=1S/C13H16F2N2O4S/c1-5(18)7-9-13(14,15)10(22-6-2-3-16-4-6)8(12(20)21)17(9)11(7)19/h5-7,9,16,18H,2-4H2,1H3,(H,20,21)/t5?,6?,7?,9-/m0/s1. The van der Waals surface area contributed by atoms with Crippen LogP contribution in [-0.2, 0) is 9.59 Å². The van der Waals surface area contributed by atoms with E-state index in [1.807, 2.05) is 0 Å². The summed E-state index contributed by atoms with van der Waals surface area (Å²) in [7, 11) is 0. The lowest BCUT2D eigenvalue weighted by Gasteiger charge is -2.46. The number of hydrogen-bond donors (Lipinski definition) is 3. The van der Waals surface area contributed by atoms with Gasteiger partial charge in [0.25, 0.3) is 0 Å². The van der Waals surface area contributed by atoms with Crippen molar-refractivity contribution >= 4 is 23.6 Å². The van der Waals surface area contributed by atoms with Gasteiger partial charge in [0.15, 0.2) is 0 Å². The van der Waals surface area contributed by atoms with Crippen molar-refractivity contribution in [2.24, 2.45) is 5.92 Å². The summed E-state index contributed by atoms with van der Waals surface area (Å²) in [5, 5.41) is 21.7. The number of carbonyl (C=O) groups is 2. The molecular formula is C13H16F2N2O4S. The third kappa shape index (κ3) is 2.06. The summed E-state index contributed by atoms with van der Waals surface area (Å²) >= 11 is 0.832. The molecule has 1 amide bonds. The second-order valence-electron chi connectivity index (χ2n) is 5.76. The molecule has 3 rings (SSSR count). The van der Waals surface area contributed by atoms with E-state index in [1.54, 1.807) is 0 Å². The normalized spacial score (nSPS) is 34.6. The minimum Gasteiger partial charge on any atom is -0.477 e. The number of fused-ring (bicyclic) bond motifs is 1. The Morgan fingerprint density at radius 2 is 2.23 bits per heavy atom. The summed E-state index contributed by atoms with van der Waals surface area (Å²) in [4.78, 5) is 23.5. The molecule has 3 aliphatic heterocycles. The van der Waals surface area contributed by atoms with E-state index in [-0.39, 0.29) is 5.25 Å². The van der Waals surface area contributed by atoms with Crippen LogP contribution in [0.1, 0.15) is 13.3 Å². The lowest BCUT2D eigenvalue weighted by atomic mass is 9.82. The summed E-state index contributed by atoms with van der Waals surface area (Å²) in [6, 6.07) is -1.59. The number of hydrogen-bond acceptors (Lipinski definition) is 5. The summed E-state index contributed by atoms with van der Waals surface area (Å²) in [5.74, 6) is -6.99. The highest BCUT2D eigenvalue weighted by Gasteiger charge is 2.70. The molecule has 9 heteroatoms. The maximum absolute atomic E-state index is 14.7. The number of carboxylic acids is 1. The van der Waals surface area contributed by atoms with Crippen molar-refractivity contribution in [3.05, 3.63) is 10.6 Å². The Kier molecular flexibility index (Phi) is 3.69. The number of alkyl halides is 2. The number of thioether (sulfide) groups is 1. The van der Waals surface area contributed by atoms with E-state index < -0.39 is 46.5 Å². The summed E-state index contributed by atoms with van der Waals surface area (Å²) in [6.07, 6.45) is -0.581. The third-order valence-corrected chi connectivity index (χ3v) is 5.73. The van der Waals surface area contributed by atoms with Crippen LogP contribution in [-0.4, -0.2) is 63.4 Å². The Morgan fingerprint density at radius 1 is 1.55 bits per heavy atom. The molecule has 0 spiro atoms. The highest BCUT2D eigenvalue weighted by atomic mass is 32.2. The number of carboxylic acid groups (broad SMARTS) is 1. The van der Waals surface area contributed by atoms with Crippen molar-refractivity contribution in [3.8, 4) is 0 Å². The Labute approximate surface area is 129 Å². The zero-order valence-corrected chi connectivity index (χ0v) is 12.6. The fourth-order valence-corrected chi connectivity index (χ4v) is 4.60. The molecule has 0 aromatic rings. The minimum atomic E-state index is -3.45. The predicted molar refractivity (Wildman–Crippen MR) is 74.3 cm³/mol. The number of halogens is 2. The van der Waals surface area contributed by atoms with Crippen LogP contribution in [0.15, 0.2) is 10.6 Å². The molecule has 3 N–H and O–H groups in total. The van der Waals surface area contributed by atoms with E-state index >= 15 is 0 Å². The molecule has 3 aliphatic rings. The number of rotatable bonds is 4. The van der Waals surface area contributed by atoms with Crippen molar-refractivity contribution < 1.29 is 28.6 Å². The summed E-state index contributed by atoms with van der Waals surface area (Å²) in [5.41, 5.74) is -0.631. The Balaban J connectivity index is 1.98. The highest BCUT2D eigenvalue weighted by Crippen LogP contribution is 2.56. The van der Waals surface area contributed by atoms with Gasteiger partial charge < -0.3 is 15.5 Å². The molecule has 2 saturated heterocycles.